The molecule has 200 valence electrons. The number of ether oxygens (including phenoxy) is 2. The van der Waals surface area contributed by atoms with Crippen LogP contribution in [0.5, 0.6) is 11.5 Å². The Kier molecular flexibility index (Phi) is 8.81. The Morgan fingerprint density at radius 2 is 1.87 bits per heavy atom. The van der Waals surface area contributed by atoms with E-state index >= 15 is 0 Å². The van der Waals surface area contributed by atoms with Crippen LogP contribution in [0.25, 0.3) is 10.9 Å². The number of carbonyl (C=O) groups excluding carboxylic acids is 2. The Balaban J connectivity index is 1.74. The van der Waals surface area contributed by atoms with Crippen molar-refractivity contribution < 1.29 is 19.1 Å². The maximum Gasteiger partial charge on any atom is 0.241 e. The average Bonchev–Trinajstić information content (AvgIpc) is 3.44. The molecule has 2 amide bonds. The number of carbonyl (C=O) groups is 2. The van der Waals surface area contributed by atoms with Crippen LogP contribution in [0.3, 0.4) is 0 Å². The van der Waals surface area contributed by atoms with Crippen LogP contribution in [0.4, 0.5) is 11.4 Å². The predicted molar refractivity (Wildman–Crippen MR) is 149 cm³/mol. The molecule has 9 nitrogen and oxygen atoms in total. The number of fused-ring (bicyclic) bond motifs is 1. The highest BCUT2D eigenvalue weighted by Gasteiger charge is 2.19. The number of pyridine rings is 1. The molecule has 0 bridgehead atoms. The Morgan fingerprint density at radius 1 is 1.11 bits per heavy atom. The van der Waals surface area contributed by atoms with E-state index in [4.69, 9.17) is 15.2 Å². The molecule has 9 heteroatoms. The minimum absolute atomic E-state index is 0.0293. The van der Waals surface area contributed by atoms with Gasteiger partial charge in [0.2, 0.25) is 11.8 Å². The van der Waals surface area contributed by atoms with Crippen LogP contribution in [0.2, 0.25) is 0 Å². The Bertz CT molecular complexity index is 1350. The van der Waals surface area contributed by atoms with Gasteiger partial charge < -0.3 is 25.8 Å². The van der Waals surface area contributed by atoms with Crippen molar-refractivity contribution in [2.75, 3.05) is 25.1 Å². The lowest BCUT2D eigenvalue weighted by Gasteiger charge is -2.20. The molecule has 3 aromatic rings. The highest BCUT2D eigenvalue weighted by Crippen LogP contribution is 2.38. The van der Waals surface area contributed by atoms with E-state index in [1.54, 1.807) is 6.20 Å². The van der Waals surface area contributed by atoms with Gasteiger partial charge in [0.25, 0.3) is 0 Å². The van der Waals surface area contributed by atoms with E-state index in [0.29, 0.717) is 48.9 Å². The summed E-state index contributed by atoms with van der Waals surface area (Å²) in [6.07, 6.45) is 6.26. The molecule has 2 heterocycles. The maximum absolute atomic E-state index is 12.5. The number of primary amides is 1. The second-order valence-electron chi connectivity index (χ2n) is 8.94. The van der Waals surface area contributed by atoms with Crippen LogP contribution in [0.1, 0.15) is 37.5 Å². The highest BCUT2D eigenvalue weighted by molar-refractivity contribution is 5.98. The molecule has 4 rings (SSSR count). The zero-order chi connectivity index (χ0) is 27.1. The third-order valence-corrected chi connectivity index (χ3v) is 6.38. The lowest BCUT2D eigenvalue weighted by Crippen LogP contribution is -2.40. The van der Waals surface area contributed by atoms with E-state index in [1.807, 2.05) is 56.3 Å². The fourth-order valence-corrected chi connectivity index (χ4v) is 4.66. The van der Waals surface area contributed by atoms with Gasteiger partial charge in [0.1, 0.15) is 6.04 Å². The molecule has 2 aromatic carbocycles. The molecule has 0 fully saturated rings. The summed E-state index contributed by atoms with van der Waals surface area (Å²) >= 11 is 0. The summed E-state index contributed by atoms with van der Waals surface area (Å²) in [6.45, 7) is 7.97. The largest absolute Gasteiger partial charge is 0.490 e. The van der Waals surface area contributed by atoms with E-state index < -0.39 is 5.91 Å². The number of hydrogen-bond donors (Lipinski definition) is 4. The topological polar surface area (TPSA) is 128 Å². The first-order valence-corrected chi connectivity index (χ1v) is 13.0. The molecule has 1 aromatic heterocycles. The van der Waals surface area contributed by atoms with E-state index in [1.165, 1.54) is 0 Å². The number of amides is 2. The number of hydrogen-bond acceptors (Lipinski definition) is 7. The van der Waals surface area contributed by atoms with Crippen molar-refractivity contribution in [1.29, 1.82) is 0 Å². The molecular weight excluding hydrogens is 482 g/mol. The Labute approximate surface area is 222 Å². The molecule has 1 aliphatic rings. The average molecular weight is 518 g/mol. The molecule has 0 radical (unpaired) electrons. The third kappa shape index (κ3) is 6.06. The van der Waals surface area contributed by atoms with Crippen LogP contribution >= 0.6 is 0 Å². The lowest BCUT2D eigenvalue weighted by molar-refractivity contribution is -0.122. The van der Waals surface area contributed by atoms with E-state index in [9.17, 15) is 9.59 Å². The molecular formula is C29H35N5O4. The SMILES string of the molecule is CCOc1cc2ncc(CC(N)=O)c(Nc3cccc(CNC(=O)[C@@H]4C=CCN4)c3CC)c2cc1OCC. The molecule has 0 saturated heterocycles. The van der Waals surface area contributed by atoms with Gasteiger partial charge in [-0.15, -0.1) is 0 Å². The monoisotopic (exact) mass is 517 g/mol. The Morgan fingerprint density at radius 3 is 2.53 bits per heavy atom. The summed E-state index contributed by atoms with van der Waals surface area (Å²) in [4.78, 5) is 29.0. The first kappa shape index (κ1) is 26.9. The van der Waals surface area contributed by atoms with Gasteiger partial charge in [0.05, 0.1) is 30.8 Å². The van der Waals surface area contributed by atoms with E-state index in [-0.39, 0.29) is 18.4 Å². The van der Waals surface area contributed by atoms with Crippen molar-refractivity contribution in [2.45, 2.75) is 46.2 Å². The van der Waals surface area contributed by atoms with Crippen molar-refractivity contribution in [3.8, 4) is 11.5 Å². The van der Waals surface area contributed by atoms with Crippen LogP contribution in [0, 0.1) is 0 Å². The quantitative estimate of drug-likeness (QED) is 0.271. The van der Waals surface area contributed by atoms with Crippen LogP contribution in [-0.2, 0) is 29.0 Å². The van der Waals surface area contributed by atoms with Gasteiger partial charge in [0, 0.05) is 42.0 Å². The predicted octanol–water partition coefficient (Wildman–Crippen LogP) is 3.51. The van der Waals surface area contributed by atoms with Crippen molar-refractivity contribution in [2.24, 2.45) is 5.73 Å². The van der Waals surface area contributed by atoms with Crippen LogP contribution < -0.4 is 31.2 Å². The summed E-state index contributed by atoms with van der Waals surface area (Å²) in [6, 6.07) is 9.39. The number of nitrogens with zero attached hydrogens (tertiary/aromatic N) is 1. The summed E-state index contributed by atoms with van der Waals surface area (Å²) in [5, 5.41) is 10.5. The third-order valence-electron chi connectivity index (χ3n) is 6.38. The standard InChI is InChI=1S/C29H35N5O4/c1-4-20-18(16-33-29(36)23-11-8-12-31-23)9-7-10-22(20)34-28-19(13-27(30)35)17-32-24-15-26(38-6-3)25(37-5-2)14-21(24)28/h7-11,14-15,17,23,31H,4-6,12-13,16H2,1-3H3,(H2,30,35)(H,32,34)(H,33,36)/t23-/m0/s1. The molecule has 0 aliphatic carbocycles. The van der Waals surface area contributed by atoms with E-state index in [0.717, 1.165) is 34.3 Å². The summed E-state index contributed by atoms with van der Waals surface area (Å²) in [5.74, 6) is 0.703. The van der Waals surface area contributed by atoms with Crippen LogP contribution in [0.15, 0.2) is 48.7 Å². The van der Waals surface area contributed by atoms with Crippen molar-refractivity contribution in [1.82, 2.24) is 15.6 Å². The minimum Gasteiger partial charge on any atom is -0.490 e. The van der Waals surface area contributed by atoms with Crippen LogP contribution in [-0.4, -0.2) is 42.6 Å². The number of nitrogens with one attached hydrogen (secondary N) is 3. The molecule has 1 aliphatic heterocycles. The van der Waals surface area contributed by atoms with Crippen molar-refractivity contribution >= 4 is 34.1 Å². The van der Waals surface area contributed by atoms with Crippen molar-refractivity contribution in [3.63, 3.8) is 0 Å². The van der Waals surface area contributed by atoms with Gasteiger partial charge in [-0.25, -0.2) is 0 Å². The number of rotatable bonds is 12. The van der Waals surface area contributed by atoms with Gasteiger partial charge in [0.15, 0.2) is 11.5 Å². The fourth-order valence-electron chi connectivity index (χ4n) is 4.66. The molecule has 1 atom stereocenters. The zero-order valence-electron chi connectivity index (χ0n) is 22.1. The number of anilines is 2. The minimum atomic E-state index is -0.452. The molecule has 0 unspecified atom stereocenters. The maximum atomic E-state index is 12.5. The molecule has 5 N–H and O–H groups in total. The van der Waals surface area contributed by atoms with Gasteiger partial charge in [-0.05, 0) is 43.5 Å². The highest BCUT2D eigenvalue weighted by atomic mass is 16.5. The molecule has 38 heavy (non-hydrogen) atoms. The fraction of sp³-hybridized carbons (Fsp3) is 0.345. The summed E-state index contributed by atoms with van der Waals surface area (Å²) in [7, 11) is 0. The van der Waals surface area contributed by atoms with E-state index in [2.05, 4.69) is 27.9 Å². The van der Waals surface area contributed by atoms with Crippen molar-refractivity contribution in [3.05, 3.63) is 65.4 Å². The molecule has 0 spiro atoms. The number of benzene rings is 2. The first-order chi connectivity index (χ1) is 18.4. The van der Waals surface area contributed by atoms with Gasteiger partial charge in [-0.1, -0.05) is 31.2 Å². The first-order valence-electron chi connectivity index (χ1n) is 13.0. The van der Waals surface area contributed by atoms with Gasteiger partial charge in [-0.2, -0.15) is 0 Å². The second kappa shape index (κ2) is 12.4. The molecule has 0 saturated carbocycles. The zero-order valence-corrected chi connectivity index (χ0v) is 22.1. The van der Waals surface area contributed by atoms with Gasteiger partial charge in [-0.3, -0.25) is 19.9 Å². The Hall–Kier alpha value is -4.11. The normalized spacial score (nSPS) is 14.4. The smallest absolute Gasteiger partial charge is 0.241 e. The summed E-state index contributed by atoms with van der Waals surface area (Å²) < 4.78 is 11.6. The number of aromatic nitrogens is 1. The summed E-state index contributed by atoms with van der Waals surface area (Å²) in [5.41, 5.74) is 10.6. The number of nitrogens with two attached hydrogens (primary N) is 1. The van der Waals surface area contributed by atoms with Gasteiger partial charge >= 0.3 is 0 Å². The second-order valence-corrected chi connectivity index (χ2v) is 8.94. The lowest BCUT2D eigenvalue weighted by atomic mass is 10.0.